The minimum absolute atomic E-state index is 0.311. The molecule has 0 heterocycles. The monoisotopic (exact) mass is 252 g/mol. The first-order valence-corrected chi connectivity index (χ1v) is 6.95. The van der Waals surface area contributed by atoms with E-state index in [-0.39, 0.29) is 0 Å². The zero-order chi connectivity index (χ0) is 12.9. The molecule has 0 saturated carbocycles. The first kappa shape index (κ1) is 13.7. The molecular weight excluding hydrogens is 236 g/mol. The van der Waals surface area contributed by atoms with Crippen molar-refractivity contribution < 1.29 is 8.42 Å². The van der Waals surface area contributed by atoms with E-state index in [2.05, 4.69) is 0 Å². The van der Waals surface area contributed by atoms with E-state index >= 15 is 0 Å². The summed E-state index contributed by atoms with van der Waals surface area (Å²) in [6, 6.07) is 11.1. The van der Waals surface area contributed by atoms with Crippen molar-refractivity contribution in [3.63, 3.8) is 0 Å². The highest BCUT2D eigenvalue weighted by atomic mass is 32.2. The fourth-order valence-electron chi connectivity index (χ4n) is 1.46. The second-order valence-corrected chi connectivity index (χ2v) is 5.98. The molecule has 0 bridgehead atoms. The van der Waals surface area contributed by atoms with Gasteiger partial charge in [-0.05, 0) is 12.5 Å². The fraction of sp³-hybridized carbons (Fsp3) is 0.417. The second-order valence-electron chi connectivity index (χ2n) is 3.73. The van der Waals surface area contributed by atoms with Gasteiger partial charge in [-0.25, -0.2) is 8.42 Å². The van der Waals surface area contributed by atoms with Gasteiger partial charge in [0.15, 0.2) is 5.25 Å². The van der Waals surface area contributed by atoms with Crippen molar-refractivity contribution in [3.8, 4) is 6.07 Å². The van der Waals surface area contributed by atoms with Crippen LogP contribution in [0.1, 0.15) is 19.4 Å². The summed E-state index contributed by atoms with van der Waals surface area (Å²) in [7, 11) is -3.53. The Bertz CT molecular complexity index is 491. The zero-order valence-corrected chi connectivity index (χ0v) is 10.8. The first-order valence-electron chi connectivity index (χ1n) is 5.45. The molecule has 0 amide bonds. The van der Waals surface area contributed by atoms with Gasteiger partial charge in [-0.2, -0.15) is 9.57 Å². The number of nitriles is 1. The Labute approximate surface area is 103 Å². The summed E-state index contributed by atoms with van der Waals surface area (Å²) in [5, 5.41) is 7.72. The Hall–Kier alpha value is -1.38. The Balaban J connectivity index is 2.91. The van der Waals surface area contributed by atoms with Gasteiger partial charge in [0.1, 0.15) is 0 Å². The molecule has 0 aliphatic carbocycles. The summed E-state index contributed by atoms with van der Waals surface area (Å²) in [6.07, 6.45) is 0. The molecular formula is C12H16N2O2S. The third kappa shape index (κ3) is 3.29. The topological polar surface area (TPSA) is 61.2 Å². The Morgan fingerprint density at radius 1 is 1.35 bits per heavy atom. The molecule has 0 spiro atoms. The van der Waals surface area contributed by atoms with Gasteiger partial charge < -0.3 is 0 Å². The van der Waals surface area contributed by atoms with E-state index in [1.807, 2.05) is 30.3 Å². The lowest BCUT2D eigenvalue weighted by atomic mass is 10.2. The molecule has 1 atom stereocenters. The van der Waals surface area contributed by atoms with Crippen LogP contribution in [-0.4, -0.2) is 24.5 Å². The van der Waals surface area contributed by atoms with Crippen LogP contribution in [-0.2, 0) is 16.6 Å². The second kappa shape index (κ2) is 5.80. The maximum atomic E-state index is 12.0. The van der Waals surface area contributed by atoms with Gasteiger partial charge in [-0.3, -0.25) is 0 Å². The van der Waals surface area contributed by atoms with E-state index < -0.39 is 15.3 Å². The van der Waals surface area contributed by atoms with Crippen molar-refractivity contribution in [1.82, 2.24) is 4.31 Å². The van der Waals surface area contributed by atoms with E-state index in [1.54, 1.807) is 13.0 Å². The highest BCUT2D eigenvalue weighted by Crippen LogP contribution is 2.13. The van der Waals surface area contributed by atoms with Gasteiger partial charge >= 0.3 is 0 Å². The molecule has 1 rings (SSSR count). The molecule has 1 aromatic rings. The quantitative estimate of drug-likeness (QED) is 0.802. The smallest absolute Gasteiger partial charge is 0.211 e. The van der Waals surface area contributed by atoms with Gasteiger partial charge in [0.25, 0.3) is 0 Å². The number of sulfonamides is 1. The van der Waals surface area contributed by atoms with E-state index in [9.17, 15) is 8.42 Å². The minimum Gasteiger partial charge on any atom is -0.211 e. The van der Waals surface area contributed by atoms with Crippen molar-refractivity contribution in [2.75, 3.05) is 6.54 Å². The molecule has 0 aromatic heterocycles. The lowest BCUT2D eigenvalue weighted by molar-refractivity contribution is 0.420. The van der Waals surface area contributed by atoms with E-state index in [0.717, 1.165) is 5.56 Å². The Morgan fingerprint density at radius 2 is 1.94 bits per heavy atom. The average molecular weight is 252 g/mol. The average Bonchev–Trinajstić information content (AvgIpc) is 2.35. The molecule has 0 aliphatic heterocycles. The van der Waals surface area contributed by atoms with Crippen molar-refractivity contribution in [3.05, 3.63) is 35.9 Å². The molecule has 0 saturated heterocycles. The molecule has 0 aliphatic rings. The first-order chi connectivity index (χ1) is 8.02. The van der Waals surface area contributed by atoms with Crippen LogP contribution in [0.25, 0.3) is 0 Å². The number of rotatable bonds is 5. The minimum atomic E-state index is -3.53. The Kier molecular flexibility index (Phi) is 4.67. The number of benzene rings is 1. The van der Waals surface area contributed by atoms with Crippen LogP contribution in [0.5, 0.6) is 0 Å². The van der Waals surface area contributed by atoms with Crippen molar-refractivity contribution in [2.45, 2.75) is 25.6 Å². The van der Waals surface area contributed by atoms with Gasteiger partial charge in [-0.15, -0.1) is 0 Å². The molecule has 92 valence electrons. The zero-order valence-electron chi connectivity index (χ0n) is 10.00. The molecule has 5 heteroatoms. The molecule has 17 heavy (non-hydrogen) atoms. The predicted octanol–water partition coefficient (Wildman–Crippen LogP) is 1.75. The lowest BCUT2D eigenvalue weighted by Gasteiger charge is -2.21. The summed E-state index contributed by atoms with van der Waals surface area (Å²) >= 11 is 0. The largest absolute Gasteiger partial charge is 0.230 e. The number of nitrogens with zero attached hydrogens (tertiary/aromatic N) is 2. The molecule has 1 aromatic carbocycles. The maximum absolute atomic E-state index is 12.0. The van der Waals surface area contributed by atoms with Crippen LogP contribution in [0.3, 0.4) is 0 Å². The van der Waals surface area contributed by atoms with Crippen LogP contribution in [0.2, 0.25) is 0 Å². The summed E-state index contributed by atoms with van der Waals surface area (Å²) in [4.78, 5) is 0. The molecule has 0 fully saturated rings. The SMILES string of the molecule is CCN(Cc1ccccc1)S(=O)(=O)C(C)C#N. The van der Waals surface area contributed by atoms with Gasteiger partial charge in [0.05, 0.1) is 6.07 Å². The summed E-state index contributed by atoms with van der Waals surface area (Å²) in [5.41, 5.74) is 0.920. The highest BCUT2D eigenvalue weighted by molar-refractivity contribution is 7.89. The third-order valence-electron chi connectivity index (χ3n) is 2.54. The molecule has 0 N–H and O–H groups in total. The van der Waals surface area contributed by atoms with Gasteiger partial charge in [0, 0.05) is 13.1 Å². The third-order valence-corrected chi connectivity index (χ3v) is 4.65. The van der Waals surface area contributed by atoms with Crippen molar-refractivity contribution in [2.24, 2.45) is 0 Å². The summed E-state index contributed by atoms with van der Waals surface area (Å²) in [5.74, 6) is 0. The summed E-state index contributed by atoms with van der Waals surface area (Å²) in [6.45, 7) is 3.85. The van der Waals surface area contributed by atoms with E-state index in [0.29, 0.717) is 13.1 Å². The van der Waals surface area contributed by atoms with E-state index in [1.165, 1.54) is 11.2 Å². The summed E-state index contributed by atoms with van der Waals surface area (Å²) < 4.78 is 25.3. The highest BCUT2D eigenvalue weighted by Gasteiger charge is 2.27. The van der Waals surface area contributed by atoms with Crippen LogP contribution in [0.15, 0.2) is 30.3 Å². The van der Waals surface area contributed by atoms with Crippen LogP contribution < -0.4 is 0 Å². The normalized spacial score (nSPS) is 13.3. The van der Waals surface area contributed by atoms with Gasteiger partial charge in [0.2, 0.25) is 10.0 Å². The molecule has 1 unspecified atom stereocenters. The number of hydrogen-bond acceptors (Lipinski definition) is 3. The standard InChI is InChI=1S/C12H16N2O2S/c1-3-14(17(15,16)11(2)9-13)10-12-7-5-4-6-8-12/h4-8,11H,3,10H2,1-2H3. The van der Waals surface area contributed by atoms with Crippen LogP contribution >= 0.6 is 0 Å². The fourth-order valence-corrected chi connectivity index (χ4v) is 2.73. The molecule has 4 nitrogen and oxygen atoms in total. The van der Waals surface area contributed by atoms with Crippen LogP contribution in [0.4, 0.5) is 0 Å². The maximum Gasteiger partial charge on any atom is 0.230 e. The lowest BCUT2D eigenvalue weighted by Crippen LogP contribution is -2.36. The van der Waals surface area contributed by atoms with E-state index in [4.69, 9.17) is 5.26 Å². The predicted molar refractivity (Wildman–Crippen MR) is 66.5 cm³/mol. The Morgan fingerprint density at radius 3 is 2.41 bits per heavy atom. The van der Waals surface area contributed by atoms with Gasteiger partial charge in [-0.1, -0.05) is 37.3 Å². The number of hydrogen-bond donors (Lipinski definition) is 0. The van der Waals surface area contributed by atoms with Crippen molar-refractivity contribution in [1.29, 1.82) is 5.26 Å². The van der Waals surface area contributed by atoms with Crippen LogP contribution in [0, 0.1) is 11.3 Å². The molecule has 0 radical (unpaired) electrons. The van der Waals surface area contributed by atoms with Crippen molar-refractivity contribution >= 4 is 10.0 Å².